The molecule has 7 aromatic carbocycles. The molecule has 0 N–H and O–H groups in total. The van der Waals surface area contributed by atoms with Crippen LogP contribution in [0.25, 0.3) is 21.5 Å². The summed E-state index contributed by atoms with van der Waals surface area (Å²) in [5.74, 6) is 0. The Labute approximate surface area is 387 Å². The summed E-state index contributed by atoms with van der Waals surface area (Å²) in [6, 6.07) is 51.7. The maximum Gasteiger partial charge on any atom is 0.0620 e. The van der Waals surface area contributed by atoms with E-state index in [0.29, 0.717) is 0 Å². The molecule has 0 heterocycles. The summed E-state index contributed by atoms with van der Waals surface area (Å²) in [6.07, 6.45) is 0. The fraction of sp³-hybridized carbons (Fsp3) is 0.387. The molecule has 334 valence electrons. The third-order valence-electron chi connectivity index (χ3n) is 13.1. The number of hydrogen-bond donors (Lipinski definition) is 0. The predicted molar refractivity (Wildman–Crippen MR) is 283 cm³/mol. The zero-order valence-electron chi connectivity index (χ0n) is 42.6. The van der Waals surface area contributed by atoms with Crippen LogP contribution in [0, 0.1) is 0 Å². The maximum atomic E-state index is 2.58. The average Bonchev–Trinajstić information content (AvgIpc) is 3.20. The first kappa shape index (κ1) is 46.6. The van der Waals surface area contributed by atoms with Crippen LogP contribution in [0.2, 0.25) is 0 Å². The van der Waals surface area contributed by atoms with E-state index in [1.165, 1.54) is 66.3 Å². The first-order valence-electron chi connectivity index (χ1n) is 23.6. The van der Waals surface area contributed by atoms with E-state index in [2.05, 4.69) is 268 Å². The third-order valence-corrected chi connectivity index (χ3v) is 13.1. The van der Waals surface area contributed by atoms with Gasteiger partial charge in [-0.3, -0.25) is 0 Å². The lowest BCUT2D eigenvalue weighted by Gasteiger charge is -2.35. The SMILES string of the molecule is CC(C)(C)c1cccc(N(c2cccc(C(C)(C)C)c2)c2c3ccc(C(C)(C)C)cc3c(N(c3cccc(C(C)(C)C)c3)c3cccc(C(C)(C)C)c3)c3ccc(C(C)(C)C)cc23)c1. The van der Waals surface area contributed by atoms with Crippen molar-refractivity contribution in [3.05, 3.63) is 167 Å². The quantitative estimate of drug-likeness (QED) is 0.121. The van der Waals surface area contributed by atoms with Gasteiger partial charge in [0, 0.05) is 44.3 Å². The van der Waals surface area contributed by atoms with Gasteiger partial charge in [0.1, 0.15) is 0 Å². The van der Waals surface area contributed by atoms with Gasteiger partial charge >= 0.3 is 0 Å². The standard InChI is InChI=1S/C62H76N2/c1-57(2,3)41-23-19-27-47(35-41)63(48-28-20-24-42(36-48)58(4,5)6)55-51-33-31-46(62(16,17)18)40-54(51)56(52-34-32-45(39-53(52)55)61(13,14)15)64(49-29-21-25-43(37-49)59(7,8)9)50-30-22-26-44(38-50)60(10,11)12/h19-40H,1-18H3. The number of benzene rings is 7. The Morgan fingerprint density at radius 1 is 0.234 bits per heavy atom. The Morgan fingerprint density at radius 3 is 0.672 bits per heavy atom. The molecule has 0 saturated heterocycles. The van der Waals surface area contributed by atoms with Crippen LogP contribution >= 0.6 is 0 Å². The van der Waals surface area contributed by atoms with E-state index in [1.807, 2.05) is 0 Å². The van der Waals surface area contributed by atoms with Crippen LogP contribution in [0.5, 0.6) is 0 Å². The van der Waals surface area contributed by atoms with Crippen LogP contribution in [0.4, 0.5) is 34.1 Å². The largest absolute Gasteiger partial charge is 0.309 e. The van der Waals surface area contributed by atoms with E-state index >= 15 is 0 Å². The Kier molecular flexibility index (Phi) is 11.9. The highest BCUT2D eigenvalue weighted by molar-refractivity contribution is 6.23. The van der Waals surface area contributed by atoms with Gasteiger partial charge in [0.25, 0.3) is 0 Å². The zero-order valence-corrected chi connectivity index (χ0v) is 42.6. The minimum Gasteiger partial charge on any atom is -0.309 e. The van der Waals surface area contributed by atoms with E-state index in [4.69, 9.17) is 0 Å². The van der Waals surface area contributed by atoms with Gasteiger partial charge in [0.05, 0.1) is 11.4 Å². The third kappa shape index (κ3) is 9.40. The molecule has 7 rings (SSSR count). The Bertz CT molecular complexity index is 2520. The van der Waals surface area contributed by atoms with Gasteiger partial charge < -0.3 is 9.80 Å². The fourth-order valence-electron chi connectivity index (χ4n) is 8.86. The van der Waals surface area contributed by atoms with Crippen LogP contribution in [-0.2, 0) is 32.5 Å². The lowest BCUT2D eigenvalue weighted by Crippen LogP contribution is -2.19. The van der Waals surface area contributed by atoms with Gasteiger partial charge in [-0.05, 0) is 127 Å². The van der Waals surface area contributed by atoms with E-state index < -0.39 is 0 Å². The number of anilines is 6. The molecule has 0 fully saturated rings. The molecule has 0 aliphatic heterocycles. The number of fused-ring (bicyclic) bond motifs is 2. The van der Waals surface area contributed by atoms with Gasteiger partial charge in [-0.2, -0.15) is 0 Å². The van der Waals surface area contributed by atoms with Crippen molar-refractivity contribution in [2.45, 2.75) is 157 Å². The first-order chi connectivity index (χ1) is 29.5. The maximum absolute atomic E-state index is 2.58. The van der Waals surface area contributed by atoms with Crippen LogP contribution in [-0.4, -0.2) is 0 Å². The second-order valence-electron chi connectivity index (χ2n) is 24.6. The van der Waals surface area contributed by atoms with E-state index in [9.17, 15) is 0 Å². The van der Waals surface area contributed by atoms with Crippen molar-refractivity contribution in [3.8, 4) is 0 Å². The molecule has 2 heteroatoms. The molecule has 0 aliphatic rings. The highest BCUT2D eigenvalue weighted by atomic mass is 15.2. The summed E-state index contributed by atoms with van der Waals surface area (Å²) >= 11 is 0. The summed E-state index contributed by atoms with van der Waals surface area (Å²) < 4.78 is 0. The second kappa shape index (κ2) is 16.3. The molecule has 0 aromatic heterocycles. The van der Waals surface area contributed by atoms with Gasteiger partial charge in [0.15, 0.2) is 0 Å². The molecular weight excluding hydrogens is 773 g/mol. The van der Waals surface area contributed by atoms with Crippen molar-refractivity contribution in [3.63, 3.8) is 0 Å². The molecule has 0 atom stereocenters. The summed E-state index contributed by atoms with van der Waals surface area (Å²) in [6.45, 7) is 41.8. The van der Waals surface area contributed by atoms with Crippen LogP contribution in [0.3, 0.4) is 0 Å². The molecule has 2 nitrogen and oxygen atoms in total. The molecule has 0 amide bonds. The molecule has 0 spiro atoms. The van der Waals surface area contributed by atoms with Gasteiger partial charge in [-0.1, -0.05) is 197 Å². The van der Waals surface area contributed by atoms with Gasteiger partial charge in [-0.15, -0.1) is 0 Å². The van der Waals surface area contributed by atoms with Gasteiger partial charge in [-0.25, -0.2) is 0 Å². The Balaban J connectivity index is 1.75. The summed E-state index contributed by atoms with van der Waals surface area (Å²) in [7, 11) is 0. The van der Waals surface area contributed by atoms with E-state index in [0.717, 1.165) is 22.7 Å². The monoisotopic (exact) mass is 849 g/mol. The Morgan fingerprint density at radius 2 is 0.453 bits per heavy atom. The minimum atomic E-state index is -0.0818. The van der Waals surface area contributed by atoms with Crippen molar-refractivity contribution < 1.29 is 0 Å². The zero-order chi connectivity index (χ0) is 46.9. The lowest BCUT2D eigenvalue weighted by molar-refractivity contribution is 0.589. The summed E-state index contributed by atoms with van der Waals surface area (Å²) in [4.78, 5) is 5.15. The minimum absolute atomic E-state index is 0.0341. The first-order valence-corrected chi connectivity index (χ1v) is 23.6. The highest BCUT2D eigenvalue weighted by Crippen LogP contribution is 2.53. The molecule has 0 unspecified atom stereocenters. The molecule has 0 radical (unpaired) electrons. The Hall–Kier alpha value is -5.34. The molecule has 0 saturated carbocycles. The average molecular weight is 849 g/mol. The smallest absolute Gasteiger partial charge is 0.0620 e. The predicted octanol–water partition coefficient (Wildman–Crippen LogP) is 18.7. The van der Waals surface area contributed by atoms with E-state index in [1.54, 1.807) is 0 Å². The van der Waals surface area contributed by atoms with Crippen LogP contribution < -0.4 is 9.80 Å². The second-order valence-corrected chi connectivity index (χ2v) is 24.6. The van der Waals surface area contributed by atoms with Crippen LogP contribution in [0.1, 0.15) is 158 Å². The summed E-state index contributed by atoms with van der Waals surface area (Å²) in [5, 5.41) is 4.88. The highest BCUT2D eigenvalue weighted by Gasteiger charge is 2.30. The number of nitrogens with zero attached hydrogens (tertiary/aromatic N) is 2. The molecule has 64 heavy (non-hydrogen) atoms. The van der Waals surface area contributed by atoms with Gasteiger partial charge in [0.2, 0.25) is 0 Å². The number of hydrogen-bond acceptors (Lipinski definition) is 2. The van der Waals surface area contributed by atoms with Crippen molar-refractivity contribution in [2.75, 3.05) is 9.80 Å². The van der Waals surface area contributed by atoms with E-state index in [-0.39, 0.29) is 32.5 Å². The topological polar surface area (TPSA) is 6.48 Å². The van der Waals surface area contributed by atoms with Crippen molar-refractivity contribution in [2.24, 2.45) is 0 Å². The molecule has 0 bridgehead atoms. The summed E-state index contributed by atoms with van der Waals surface area (Å²) in [5.41, 5.74) is 14.6. The fourth-order valence-corrected chi connectivity index (χ4v) is 8.86. The lowest BCUT2D eigenvalue weighted by atomic mass is 9.82. The molecule has 7 aromatic rings. The van der Waals surface area contributed by atoms with Crippen LogP contribution in [0.15, 0.2) is 133 Å². The normalized spacial score (nSPS) is 13.2. The van der Waals surface area contributed by atoms with Crippen molar-refractivity contribution in [1.82, 2.24) is 0 Å². The van der Waals surface area contributed by atoms with Crippen molar-refractivity contribution >= 4 is 55.7 Å². The molecular formula is C62H76N2. The van der Waals surface area contributed by atoms with Crippen molar-refractivity contribution in [1.29, 1.82) is 0 Å². The molecule has 0 aliphatic carbocycles. The number of rotatable bonds is 6.